The molecule has 3 nitrogen and oxygen atoms in total. The number of hydrogen-bond donors (Lipinski definition) is 1. The van der Waals surface area contributed by atoms with Crippen LogP contribution in [-0.4, -0.2) is 18.2 Å². The molecule has 1 aromatic carbocycles. The normalized spacial score (nSPS) is 11.1. The first-order chi connectivity index (χ1) is 8.56. The summed E-state index contributed by atoms with van der Waals surface area (Å²) in [5, 5.41) is 4.28. The van der Waals surface area contributed by atoms with Gasteiger partial charge in [0.2, 0.25) is 0 Å². The minimum atomic E-state index is 0.124. The summed E-state index contributed by atoms with van der Waals surface area (Å²) >= 11 is 0. The Morgan fingerprint density at radius 1 is 1.28 bits per heavy atom. The van der Waals surface area contributed by atoms with Crippen LogP contribution in [0.1, 0.15) is 16.7 Å². The van der Waals surface area contributed by atoms with E-state index in [1.54, 1.807) is 4.57 Å². The van der Waals surface area contributed by atoms with Crippen molar-refractivity contribution in [1.29, 1.82) is 0 Å². The van der Waals surface area contributed by atoms with E-state index in [9.17, 15) is 4.79 Å². The van der Waals surface area contributed by atoms with Crippen LogP contribution in [0, 0.1) is 13.8 Å². The first-order valence-electron chi connectivity index (χ1n) is 6.29. The first-order valence-corrected chi connectivity index (χ1v) is 6.29. The fraction of sp³-hybridized carbons (Fsp3) is 0.400. The standard InChI is InChI=1S/C15H20N2O/c1-10-5-6-14-13(9-10)11(2)12(7-8-16-3)15(18)17(14)4/h5-6,9,16H,7-8H2,1-4H3. The molecule has 1 N–H and O–H groups in total. The Labute approximate surface area is 107 Å². The third-order valence-corrected chi connectivity index (χ3v) is 3.56. The minimum Gasteiger partial charge on any atom is -0.319 e. The molecule has 18 heavy (non-hydrogen) atoms. The molecule has 0 unspecified atom stereocenters. The summed E-state index contributed by atoms with van der Waals surface area (Å²) in [6, 6.07) is 6.24. The second-order valence-electron chi connectivity index (χ2n) is 4.84. The van der Waals surface area contributed by atoms with Crippen LogP contribution in [0.4, 0.5) is 0 Å². The highest BCUT2D eigenvalue weighted by Crippen LogP contribution is 2.20. The van der Waals surface area contributed by atoms with Crippen molar-refractivity contribution in [3.05, 3.63) is 45.2 Å². The number of pyridine rings is 1. The lowest BCUT2D eigenvalue weighted by molar-refractivity contribution is 0.768. The molecular weight excluding hydrogens is 224 g/mol. The van der Waals surface area contributed by atoms with Gasteiger partial charge in [-0.3, -0.25) is 4.79 Å². The average molecular weight is 244 g/mol. The van der Waals surface area contributed by atoms with Gasteiger partial charge in [-0.2, -0.15) is 0 Å². The number of benzene rings is 1. The maximum Gasteiger partial charge on any atom is 0.254 e. The molecule has 0 radical (unpaired) electrons. The maximum absolute atomic E-state index is 12.3. The van der Waals surface area contributed by atoms with Crippen LogP contribution < -0.4 is 10.9 Å². The van der Waals surface area contributed by atoms with E-state index in [0.29, 0.717) is 0 Å². The van der Waals surface area contributed by atoms with E-state index >= 15 is 0 Å². The molecule has 0 fully saturated rings. The Balaban J connectivity index is 2.76. The highest BCUT2D eigenvalue weighted by Gasteiger charge is 2.11. The van der Waals surface area contributed by atoms with Crippen molar-refractivity contribution in [2.24, 2.45) is 7.05 Å². The van der Waals surface area contributed by atoms with Crippen LogP contribution in [0.15, 0.2) is 23.0 Å². The molecule has 1 aromatic heterocycles. The van der Waals surface area contributed by atoms with Gasteiger partial charge in [0.15, 0.2) is 0 Å². The highest BCUT2D eigenvalue weighted by atomic mass is 16.1. The van der Waals surface area contributed by atoms with Gasteiger partial charge in [-0.05, 0) is 51.6 Å². The number of fused-ring (bicyclic) bond motifs is 1. The summed E-state index contributed by atoms with van der Waals surface area (Å²) in [4.78, 5) is 12.3. The molecule has 3 heteroatoms. The number of likely N-dealkylation sites (N-methyl/N-ethyl adjacent to an activating group) is 1. The monoisotopic (exact) mass is 244 g/mol. The predicted molar refractivity (Wildman–Crippen MR) is 76.3 cm³/mol. The van der Waals surface area contributed by atoms with Crippen molar-refractivity contribution >= 4 is 10.9 Å². The third kappa shape index (κ3) is 2.06. The minimum absolute atomic E-state index is 0.124. The second kappa shape index (κ2) is 4.94. The number of hydrogen-bond acceptors (Lipinski definition) is 2. The van der Waals surface area contributed by atoms with Gasteiger partial charge in [0.25, 0.3) is 5.56 Å². The molecule has 0 atom stereocenters. The van der Waals surface area contributed by atoms with Crippen LogP contribution in [0.25, 0.3) is 10.9 Å². The Morgan fingerprint density at radius 3 is 2.67 bits per heavy atom. The molecule has 0 saturated heterocycles. The number of rotatable bonds is 3. The summed E-state index contributed by atoms with van der Waals surface area (Å²) < 4.78 is 1.76. The van der Waals surface area contributed by atoms with Crippen molar-refractivity contribution in [3.8, 4) is 0 Å². The Kier molecular flexibility index (Phi) is 3.53. The average Bonchev–Trinajstić information content (AvgIpc) is 2.36. The van der Waals surface area contributed by atoms with Gasteiger partial charge < -0.3 is 9.88 Å². The molecule has 1 heterocycles. The van der Waals surface area contributed by atoms with Crippen molar-refractivity contribution in [1.82, 2.24) is 9.88 Å². The molecule has 2 aromatic rings. The lowest BCUT2D eigenvalue weighted by atomic mass is 10.0. The largest absolute Gasteiger partial charge is 0.319 e. The van der Waals surface area contributed by atoms with Gasteiger partial charge >= 0.3 is 0 Å². The van der Waals surface area contributed by atoms with E-state index in [4.69, 9.17) is 0 Å². The lowest BCUT2D eigenvalue weighted by Crippen LogP contribution is -2.25. The molecule has 0 aliphatic rings. The topological polar surface area (TPSA) is 34.0 Å². The molecule has 0 saturated carbocycles. The fourth-order valence-electron chi connectivity index (χ4n) is 2.42. The van der Waals surface area contributed by atoms with Crippen LogP contribution in [0.5, 0.6) is 0 Å². The van der Waals surface area contributed by atoms with Crippen LogP contribution in [0.2, 0.25) is 0 Å². The van der Waals surface area contributed by atoms with Gasteiger partial charge in [-0.25, -0.2) is 0 Å². The Morgan fingerprint density at radius 2 is 2.00 bits per heavy atom. The van der Waals surface area contributed by atoms with E-state index < -0.39 is 0 Å². The van der Waals surface area contributed by atoms with Crippen molar-refractivity contribution < 1.29 is 0 Å². The smallest absolute Gasteiger partial charge is 0.254 e. The SMILES string of the molecule is CNCCc1c(C)c2cc(C)ccc2n(C)c1=O. The van der Waals surface area contributed by atoms with Gasteiger partial charge in [0.05, 0.1) is 5.52 Å². The predicted octanol–water partition coefficient (Wildman–Crippen LogP) is 1.92. The number of aryl methyl sites for hydroxylation is 3. The zero-order chi connectivity index (χ0) is 13.3. The fourth-order valence-corrected chi connectivity index (χ4v) is 2.42. The van der Waals surface area contributed by atoms with E-state index in [-0.39, 0.29) is 5.56 Å². The van der Waals surface area contributed by atoms with Crippen molar-refractivity contribution in [2.45, 2.75) is 20.3 Å². The molecule has 96 valence electrons. The van der Waals surface area contributed by atoms with Crippen LogP contribution in [0.3, 0.4) is 0 Å². The lowest BCUT2D eigenvalue weighted by Gasteiger charge is -2.13. The number of nitrogens with one attached hydrogen (secondary N) is 1. The molecule has 0 aliphatic carbocycles. The summed E-state index contributed by atoms with van der Waals surface area (Å²) in [7, 11) is 3.76. The van der Waals surface area contributed by atoms with Crippen molar-refractivity contribution in [3.63, 3.8) is 0 Å². The van der Waals surface area contributed by atoms with Crippen LogP contribution in [-0.2, 0) is 13.5 Å². The molecule has 0 bridgehead atoms. The van der Waals surface area contributed by atoms with Gasteiger partial charge in [0.1, 0.15) is 0 Å². The first kappa shape index (κ1) is 12.8. The molecule has 0 aliphatic heterocycles. The highest BCUT2D eigenvalue weighted by molar-refractivity contribution is 5.84. The molecular formula is C15H20N2O. The Hall–Kier alpha value is -1.61. The molecule has 2 rings (SSSR count). The molecule has 0 spiro atoms. The number of aromatic nitrogens is 1. The van der Waals surface area contributed by atoms with E-state index in [1.807, 2.05) is 27.1 Å². The Bertz CT molecular complexity index is 641. The van der Waals surface area contributed by atoms with E-state index in [2.05, 4.69) is 24.4 Å². The summed E-state index contributed by atoms with van der Waals surface area (Å²) in [5.41, 5.74) is 4.40. The summed E-state index contributed by atoms with van der Waals surface area (Å²) in [5.74, 6) is 0. The molecule has 0 amide bonds. The van der Waals surface area contributed by atoms with Crippen LogP contribution >= 0.6 is 0 Å². The van der Waals surface area contributed by atoms with Gasteiger partial charge in [0, 0.05) is 18.0 Å². The summed E-state index contributed by atoms with van der Waals surface area (Å²) in [6.45, 7) is 4.96. The quantitative estimate of drug-likeness (QED) is 0.895. The van der Waals surface area contributed by atoms with E-state index in [0.717, 1.165) is 29.6 Å². The van der Waals surface area contributed by atoms with E-state index in [1.165, 1.54) is 10.9 Å². The third-order valence-electron chi connectivity index (χ3n) is 3.56. The zero-order valence-electron chi connectivity index (χ0n) is 11.5. The second-order valence-corrected chi connectivity index (χ2v) is 4.84. The number of nitrogens with zero attached hydrogens (tertiary/aromatic N) is 1. The zero-order valence-corrected chi connectivity index (χ0v) is 11.5. The van der Waals surface area contributed by atoms with Gasteiger partial charge in [-0.15, -0.1) is 0 Å². The summed E-state index contributed by atoms with van der Waals surface area (Å²) in [6.07, 6.45) is 0.777. The van der Waals surface area contributed by atoms with Crippen molar-refractivity contribution in [2.75, 3.05) is 13.6 Å². The van der Waals surface area contributed by atoms with Gasteiger partial charge in [-0.1, -0.05) is 11.6 Å². The maximum atomic E-state index is 12.3.